The van der Waals surface area contributed by atoms with E-state index in [1.165, 1.54) is 12.1 Å². The molecular weight excluding hydrogens is 522 g/mol. The van der Waals surface area contributed by atoms with E-state index in [1.54, 1.807) is 6.07 Å². The summed E-state index contributed by atoms with van der Waals surface area (Å²) in [7, 11) is 0. The number of aromatic nitrogens is 2. The first-order chi connectivity index (χ1) is 14.4. The molecule has 0 amide bonds. The highest BCUT2D eigenvalue weighted by molar-refractivity contribution is 14.0. The van der Waals surface area contributed by atoms with E-state index < -0.39 is 17.8 Å². The van der Waals surface area contributed by atoms with E-state index in [-0.39, 0.29) is 24.0 Å². The average molecular weight is 551 g/mol. The van der Waals surface area contributed by atoms with Crippen LogP contribution in [0.2, 0.25) is 0 Å². The SMILES string of the molecule is CCNC(=NCCCn1cc(C)cn1)N1CCOC(c2cccc(C(F)(F)F)c2)C1.I. The van der Waals surface area contributed by atoms with Gasteiger partial charge in [-0.15, -0.1) is 24.0 Å². The summed E-state index contributed by atoms with van der Waals surface area (Å²) in [6.07, 6.45) is -0.131. The number of hydrogen-bond donors (Lipinski definition) is 1. The highest BCUT2D eigenvalue weighted by Crippen LogP contribution is 2.32. The lowest BCUT2D eigenvalue weighted by atomic mass is 10.0. The number of aliphatic imine (C=N–C) groups is 1. The molecule has 6 nitrogen and oxygen atoms in total. The van der Waals surface area contributed by atoms with Crippen molar-refractivity contribution >= 4 is 29.9 Å². The van der Waals surface area contributed by atoms with Crippen molar-refractivity contribution in [3.05, 3.63) is 53.3 Å². The quantitative estimate of drug-likeness (QED) is 0.253. The van der Waals surface area contributed by atoms with Gasteiger partial charge in [-0.25, -0.2) is 0 Å². The number of aryl methyl sites for hydroxylation is 2. The molecule has 10 heteroatoms. The molecule has 1 aromatic heterocycles. The molecule has 3 rings (SSSR count). The van der Waals surface area contributed by atoms with E-state index in [4.69, 9.17) is 9.73 Å². The first kappa shape index (κ1) is 25.4. The predicted octanol–water partition coefficient (Wildman–Crippen LogP) is 4.26. The number of benzene rings is 1. The average Bonchev–Trinajstić information content (AvgIpc) is 3.15. The Morgan fingerprint density at radius 2 is 2.16 bits per heavy atom. The second-order valence-electron chi connectivity index (χ2n) is 7.30. The molecule has 1 fully saturated rings. The Morgan fingerprint density at radius 1 is 1.35 bits per heavy atom. The maximum Gasteiger partial charge on any atom is 0.416 e. The van der Waals surface area contributed by atoms with Crippen molar-refractivity contribution in [2.75, 3.05) is 32.8 Å². The van der Waals surface area contributed by atoms with Crippen LogP contribution in [0.5, 0.6) is 0 Å². The minimum atomic E-state index is -4.37. The molecule has 0 saturated carbocycles. The fourth-order valence-electron chi connectivity index (χ4n) is 3.39. The third-order valence-corrected chi connectivity index (χ3v) is 4.86. The molecule has 1 saturated heterocycles. The third kappa shape index (κ3) is 7.37. The molecule has 1 N–H and O–H groups in total. The molecule has 1 unspecified atom stereocenters. The van der Waals surface area contributed by atoms with E-state index in [1.807, 2.05) is 30.9 Å². The number of guanidine groups is 1. The topological polar surface area (TPSA) is 54.7 Å². The molecule has 2 heterocycles. The smallest absolute Gasteiger partial charge is 0.370 e. The van der Waals surface area contributed by atoms with E-state index in [0.717, 1.165) is 30.6 Å². The summed E-state index contributed by atoms with van der Waals surface area (Å²) in [6, 6.07) is 5.36. The van der Waals surface area contributed by atoms with Gasteiger partial charge in [-0.2, -0.15) is 18.3 Å². The van der Waals surface area contributed by atoms with Crippen molar-refractivity contribution in [3.8, 4) is 0 Å². The normalized spacial score (nSPS) is 17.4. The maximum atomic E-state index is 13.1. The molecule has 0 radical (unpaired) electrons. The van der Waals surface area contributed by atoms with Crippen molar-refractivity contribution in [1.82, 2.24) is 20.0 Å². The molecule has 1 aliphatic rings. The third-order valence-electron chi connectivity index (χ3n) is 4.86. The molecule has 2 aromatic rings. The molecule has 0 aliphatic carbocycles. The van der Waals surface area contributed by atoms with Gasteiger partial charge in [0, 0.05) is 32.4 Å². The second kappa shape index (κ2) is 11.7. The Hall–Kier alpha value is -1.82. The van der Waals surface area contributed by atoms with Crippen molar-refractivity contribution in [2.24, 2.45) is 4.99 Å². The Bertz CT molecular complexity index is 856. The summed E-state index contributed by atoms with van der Waals surface area (Å²) < 4.78 is 46.8. The molecular formula is C21H29F3IN5O. The standard InChI is InChI=1S/C21H28F3N5O.HI/c1-3-25-20(26-8-5-9-29-14-16(2)13-27-29)28-10-11-30-19(15-28)17-6-4-7-18(12-17)21(22,23)24;/h4,6-7,12-14,19H,3,5,8-11,15H2,1-2H3,(H,25,26);1H. The number of rotatable bonds is 6. The molecule has 0 bridgehead atoms. The van der Waals surface area contributed by atoms with E-state index >= 15 is 0 Å². The fourth-order valence-corrected chi connectivity index (χ4v) is 3.39. The van der Waals surface area contributed by atoms with Crippen molar-refractivity contribution in [3.63, 3.8) is 0 Å². The minimum Gasteiger partial charge on any atom is -0.370 e. The number of halogens is 4. The summed E-state index contributed by atoms with van der Waals surface area (Å²) in [5, 5.41) is 7.55. The number of alkyl halides is 3. The number of morpholine rings is 1. The molecule has 172 valence electrons. The van der Waals surface area contributed by atoms with Gasteiger partial charge in [0.25, 0.3) is 0 Å². The highest BCUT2D eigenvalue weighted by Gasteiger charge is 2.32. The van der Waals surface area contributed by atoms with E-state index in [2.05, 4.69) is 15.3 Å². The number of nitrogens with one attached hydrogen (secondary N) is 1. The first-order valence-electron chi connectivity index (χ1n) is 10.2. The largest absolute Gasteiger partial charge is 0.416 e. The molecule has 1 atom stereocenters. The number of hydrogen-bond acceptors (Lipinski definition) is 3. The van der Waals surface area contributed by atoms with Crippen LogP contribution in [0.15, 0.2) is 41.7 Å². The summed E-state index contributed by atoms with van der Waals surface area (Å²) in [4.78, 5) is 6.75. The van der Waals surface area contributed by atoms with Crippen LogP contribution in [0.4, 0.5) is 13.2 Å². The maximum absolute atomic E-state index is 13.1. The van der Waals surface area contributed by atoms with Crippen LogP contribution in [0, 0.1) is 6.92 Å². The van der Waals surface area contributed by atoms with Gasteiger partial charge in [0.15, 0.2) is 5.96 Å². The van der Waals surface area contributed by atoms with Crippen LogP contribution in [0.25, 0.3) is 0 Å². The Kier molecular flexibility index (Phi) is 9.60. The lowest BCUT2D eigenvalue weighted by Gasteiger charge is -2.35. The summed E-state index contributed by atoms with van der Waals surface area (Å²) in [6.45, 7) is 7.64. The Labute approximate surface area is 197 Å². The number of nitrogens with zero attached hydrogens (tertiary/aromatic N) is 4. The number of ether oxygens (including phenoxy) is 1. The minimum absolute atomic E-state index is 0. The zero-order chi connectivity index (χ0) is 21.6. The summed E-state index contributed by atoms with van der Waals surface area (Å²) in [5.41, 5.74) is 0.996. The van der Waals surface area contributed by atoms with Crippen LogP contribution in [0.3, 0.4) is 0 Å². The summed E-state index contributed by atoms with van der Waals surface area (Å²) >= 11 is 0. The second-order valence-corrected chi connectivity index (χ2v) is 7.30. The Morgan fingerprint density at radius 3 is 2.84 bits per heavy atom. The van der Waals surface area contributed by atoms with Gasteiger partial charge in [-0.3, -0.25) is 9.67 Å². The van der Waals surface area contributed by atoms with Crippen molar-refractivity contribution in [1.29, 1.82) is 0 Å². The predicted molar refractivity (Wildman–Crippen MR) is 125 cm³/mol. The van der Waals surface area contributed by atoms with Crippen LogP contribution in [-0.4, -0.2) is 53.4 Å². The van der Waals surface area contributed by atoms with Gasteiger partial charge in [0.1, 0.15) is 6.10 Å². The zero-order valence-electron chi connectivity index (χ0n) is 17.7. The van der Waals surface area contributed by atoms with Gasteiger partial charge in [-0.1, -0.05) is 12.1 Å². The van der Waals surface area contributed by atoms with Crippen molar-refractivity contribution in [2.45, 2.75) is 39.1 Å². The van der Waals surface area contributed by atoms with E-state index in [0.29, 0.717) is 38.3 Å². The Balaban J connectivity index is 0.00000341. The highest BCUT2D eigenvalue weighted by atomic mass is 127. The zero-order valence-corrected chi connectivity index (χ0v) is 20.1. The monoisotopic (exact) mass is 551 g/mol. The van der Waals surface area contributed by atoms with Crippen LogP contribution in [-0.2, 0) is 17.5 Å². The first-order valence-corrected chi connectivity index (χ1v) is 10.2. The molecule has 31 heavy (non-hydrogen) atoms. The van der Waals surface area contributed by atoms with Crippen LogP contribution >= 0.6 is 24.0 Å². The molecule has 0 spiro atoms. The van der Waals surface area contributed by atoms with Gasteiger partial charge in [-0.05, 0) is 43.5 Å². The van der Waals surface area contributed by atoms with Gasteiger partial charge >= 0.3 is 6.18 Å². The van der Waals surface area contributed by atoms with E-state index in [9.17, 15) is 13.2 Å². The van der Waals surface area contributed by atoms with Gasteiger partial charge in [0.2, 0.25) is 0 Å². The lowest BCUT2D eigenvalue weighted by Crippen LogP contribution is -2.48. The molecule has 1 aromatic carbocycles. The van der Waals surface area contributed by atoms with Crippen LogP contribution < -0.4 is 5.32 Å². The summed E-state index contributed by atoms with van der Waals surface area (Å²) in [5.74, 6) is 0.759. The van der Waals surface area contributed by atoms with Crippen molar-refractivity contribution < 1.29 is 17.9 Å². The lowest BCUT2D eigenvalue weighted by molar-refractivity contribution is -0.137. The van der Waals surface area contributed by atoms with Gasteiger partial charge < -0.3 is 15.0 Å². The molecule has 1 aliphatic heterocycles. The fraction of sp³-hybridized carbons (Fsp3) is 0.524. The van der Waals surface area contributed by atoms with Crippen LogP contribution in [0.1, 0.15) is 36.1 Å². The van der Waals surface area contributed by atoms with Gasteiger partial charge in [0.05, 0.1) is 24.9 Å².